The molecule has 1 N–H and O–H groups in total. The quantitative estimate of drug-likeness (QED) is 0.571. The minimum atomic E-state index is -0.0574. The number of aliphatic hydroxyl groups is 1. The van der Waals surface area contributed by atoms with Crippen LogP contribution in [0.5, 0.6) is 0 Å². The van der Waals surface area contributed by atoms with E-state index in [-0.39, 0.29) is 6.10 Å². The molecule has 0 radical (unpaired) electrons. The Kier molecular flexibility index (Phi) is 2.29. The van der Waals surface area contributed by atoms with Crippen LogP contribution in [0.3, 0.4) is 0 Å². The Balaban J connectivity index is 2.63. The summed E-state index contributed by atoms with van der Waals surface area (Å²) in [6.07, 6.45) is 2.08. The van der Waals surface area contributed by atoms with Gasteiger partial charge in [0.2, 0.25) is 0 Å². The summed E-state index contributed by atoms with van der Waals surface area (Å²) < 4.78 is 0. The van der Waals surface area contributed by atoms with E-state index < -0.39 is 0 Å². The highest BCUT2D eigenvalue weighted by Crippen LogP contribution is 2.42. The van der Waals surface area contributed by atoms with Crippen LogP contribution in [0.1, 0.15) is 40.5 Å². The minimum Gasteiger partial charge on any atom is -0.393 e. The molecule has 1 fully saturated rings. The molecule has 11 heavy (non-hydrogen) atoms. The Morgan fingerprint density at radius 2 is 1.82 bits per heavy atom. The SMILES string of the molecule is CC1CC(C)(C)C(C)CC1O. The number of aliphatic hydroxyl groups excluding tert-OH is 1. The Hall–Kier alpha value is -0.0400. The van der Waals surface area contributed by atoms with E-state index in [1.165, 1.54) is 0 Å². The van der Waals surface area contributed by atoms with Crippen LogP contribution in [-0.2, 0) is 0 Å². The maximum atomic E-state index is 9.58. The van der Waals surface area contributed by atoms with E-state index in [9.17, 15) is 5.11 Å². The molecule has 0 bridgehead atoms. The van der Waals surface area contributed by atoms with Crippen LogP contribution in [0, 0.1) is 17.3 Å². The maximum Gasteiger partial charge on any atom is 0.0568 e. The standard InChI is InChI=1S/C10H20O/c1-7-6-10(3,4)8(2)5-9(7)11/h7-9,11H,5-6H2,1-4H3. The lowest BCUT2D eigenvalue weighted by atomic mass is 9.65. The van der Waals surface area contributed by atoms with Crippen molar-refractivity contribution in [2.24, 2.45) is 17.3 Å². The van der Waals surface area contributed by atoms with Crippen LogP contribution >= 0.6 is 0 Å². The summed E-state index contributed by atoms with van der Waals surface area (Å²) in [5.74, 6) is 1.15. The van der Waals surface area contributed by atoms with Gasteiger partial charge in [-0.3, -0.25) is 0 Å². The second-order valence-corrected chi connectivity index (χ2v) is 4.87. The summed E-state index contributed by atoms with van der Waals surface area (Å²) in [6, 6.07) is 0. The Labute approximate surface area is 69.8 Å². The molecule has 0 saturated heterocycles. The molecule has 0 aromatic rings. The molecule has 0 heterocycles. The van der Waals surface area contributed by atoms with Gasteiger partial charge in [-0.2, -0.15) is 0 Å². The lowest BCUT2D eigenvalue weighted by Gasteiger charge is -2.42. The summed E-state index contributed by atoms with van der Waals surface area (Å²) in [5.41, 5.74) is 0.429. The van der Waals surface area contributed by atoms with Crippen molar-refractivity contribution in [1.29, 1.82) is 0 Å². The van der Waals surface area contributed by atoms with Crippen molar-refractivity contribution in [1.82, 2.24) is 0 Å². The van der Waals surface area contributed by atoms with Gasteiger partial charge in [0.05, 0.1) is 6.10 Å². The van der Waals surface area contributed by atoms with Gasteiger partial charge in [0.15, 0.2) is 0 Å². The number of hydrogen-bond donors (Lipinski definition) is 1. The first-order valence-corrected chi connectivity index (χ1v) is 4.61. The molecule has 3 unspecified atom stereocenters. The summed E-state index contributed by atoms with van der Waals surface area (Å²) >= 11 is 0. The van der Waals surface area contributed by atoms with Crippen molar-refractivity contribution in [3.05, 3.63) is 0 Å². The van der Waals surface area contributed by atoms with Crippen molar-refractivity contribution in [2.45, 2.75) is 46.6 Å². The third-order valence-corrected chi connectivity index (χ3v) is 3.43. The minimum absolute atomic E-state index is 0.0574. The molecule has 1 heteroatoms. The first kappa shape index (κ1) is 9.05. The van der Waals surface area contributed by atoms with E-state index in [0.29, 0.717) is 17.3 Å². The lowest BCUT2D eigenvalue weighted by Crippen LogP contribution is -2.37. The van der Waals surface area contributed by atoms with Crippen LogP contribution in [-0.4, -0.2) is 11.2 Å². The normalized spacial score (nSPS) is 43.9. The van der Waals surface area contributed by atoms with Gasteiger partial charge in [0.25, 0.3) is 0 Å². The van der Waals surface area contributed by atoms with Crippen molar-refractivity contribution in [3.63, 3.8) is 0 Å². The van der Waals surface area contributed by atoms with E-state index in [4.69, 9.17) is 0 Å². The van der Waals surface area contributed by atoms with Crippen molar-refractivity contribution >= 4 is 0 Å². The molecule has 66 valence electrons. The summed E-state index contributed by atoms with van der Waals surface area (Å²) in [4.78, 5) is 0. The Morgan fingerprint density at radius 3 is 2.27 bits per heavy atom. The van der Waals surface area contributed by atoms with E-state index in [1.54, 1.807) is 0 Å². The molecule has 1 aliphatic carbocycles. The molecule has 1 aliphatic rings. The molecular weight excluding hydrogens is 136 g/mol. The topological polar surface area (TPSA) is 20.2 Å². The fraction of sp³-hybridized carbons (Fsp3) is 1.00. The molecular formula is C10H20O. The summed E-state index contributed by atoms with van der Waals surface area (Å²) in [5, 5.41) is 9.58. The molecule has 0 spiro atoms. The third-order valence-electron chi connectivity index (χ3n) is 3.43. The lowest BCUT2D eigenvalue weighted by molar-refractivity contribution is -0.00669. The van der Waals surface area contributed by atoms with Gasteiger partial charge in [-0.1, -0.05) is 27.7 Å². The van der Waals surface area contributed by atoms with Crippen LogP contribution in [0.15, 0.2) is 0 Å². The van der Waals surface area contributed by atoms with Crippen molar-refractivity contribution < 1.29 is 5.11 Å². The molecule has 1 saturated carbocycles. The summed E-state index contributed by atoms with van der Waals surface area (Å²) in [6.45, 7) is 9.01. The average Bonchev–Trinajstić information content (AvgIpc) is 1.83. The fourth-order valence-electron chi connectivity index (χ4n) is 2.08. The van der Waals surface area contributed by atoms with Gasteiger partial charge >= 0.3 is 0 Å². The van der Waals surface area contributed by atoms with Crippen LogP contribution < -0.4 is 0 Å². The molecule has 0 aliphatic heterocycles. The predicted octanol–water partition coefficient (Wildman–Crippen LogP) is 2.44. The highest BCUT2D eigenvalue weighted by Gasteiger charge is 2.36. The third kappa shape index (κ3) is 1.76. The highest BCUT2D eigenvalue weighted by atomic mass is 16.3. The maximum absolute atomic E-state index is 9.58. The Morgan fingerprint density at radius 1 is 1.27 bits per heavy atom. The van der Waals surface area contributed by atoms with Crippen LogP contribution in [0.2, 0.25) is 0 Å². The van der Waals surface area contributed by atoms with E-state index >= 15 is 0 Å². The second-order valence-electron chi connectivity index (χ2n) is 4.87. The van der Waals surface area contributed by atoms with Gasteiger partial charge < -0.3 is 5.11 Å². The molecule has 0 aromatic carbocycles. The molecule has 1 rings (SSSR count). The number of hydrogen-bond acceptors (Lipinski definition) is 1. The zero-order valence-corrected chi connectivity index (χ0v) is 8.09. The molecule has 1 nitrogen and oxygen atoms in total. The smallest absolute Gasteiger partial charge is 0.0568 e. The fourth-order valence-corrected chi connectivity index (χ4v) is 2.08. The zero-order chi connectivity index (χ0) is 8.65. The predicted molar refractivity (Wildman–Crippen MR) is 47.3 cm³/mol. The van der Waals surface area contributed by atoms with Gasteiger partial charge in [-0.05, 0) is 30.1 Å². The average molecular weight is 156 g/mol. The molecule has 0 amide bonds. The van der Waals surface area contributed by atoms with Gasteiger partial charge in [-0.15, -0.1) is 0 Å². The molecule has 3 atom stereocenters. The summed E-state index contributed by atoms with van der Waals surface area (Å²) in [7, 11) is 0. The van der Waals surface area contributed by atoms with E-state index in [2.05, 4.69) is 27.7 Å². The second kappa shape index (κ2) is 2.78. The Bertz CT molecular complexity index is 140. The zero-order valence-electron chi connectivity index (χ0n) is 8.09. The van der Waals surface area contributed by atoms with E-state index in [1.807, 2.05) is 0 Å². The number of rotatable bonds is 0. The van der Waals surface area contributed by atoms with Gasteiger partial charge in [-0.25, -0.2) is 0 Å². The first-order chi connectivity index (χ1) is 4.93. The van der Waals surface area contributed by atoms with Crippen LogP contribution in [0.4, 0.5) is 0 Å². The van der Waals surface area contributed by atoms with Crippen molar-refractivity contribution in [2.75, 3.05) is 0 Å². The van der Waals surface area contributed by atoms with Gasteiger partial charge in [0, 0.05) is 0 Å². The largest absolute Gasteiger partial charge is 0.393 e. The van der Waals surface area contributed by atoms with Gasteiger partial charge in [0.1, 0.15) is 0 Å². The van der Waals surface area contributed by atoms with Crippen molar-refractivity contribution in [3.8, 4) is 0 Å². The van der Waals surface area contributed by atoms with Crippen LogP contribution in [0.25, 0.3) is 0 Å². The van der Waals surface area contributed by atoms with E-state index in [0.717, 1.165) is 12.8 Å². The molecule has 0 aromatic heterocycles. The first-order valence-electron chi connectivity index (χ1n) is 4.61. The monoisotopic (exact) mass is 156 g/mol. The highest BCUT2D eigenvalue weighted by molar-refractivity contribution is 4.87.